The maximum Gasteiger partial charge on any atom is 0.259 e. The Bertz CT molecular complexity index is 641. The number of nitriles is 1. The average molecular weight is 270 g/mol. The zero-order chi connectivity index (χ0) is 14.4. The summed E-state index contributed by atoms with van der Waals surface area (Å²) in [4.78, 5) is 12.2. The minimum atomic E-state index is -0.261. The molecule has 102 valence electrons. The maximum atomic E-state index is 12.2. The lowest BCUT2D eigenvalue weighted by atomic mass is 10.2. The lowest BCUT2D eigenvalue weighted by molar-refractivity contribution is 0.102. The summed E-state index contributed by atoms with van der Waals surface area (Å²) in [6.07, 6.45) is 2.13. The van der Waals surface area contributed by atoms with Crippen LogP contribution in [0.2, 0.25) is 0 Å². The predicted octanol–water partition coefficient (Wildman–Crippen LogP) is 3.00. The van der Waals surface area contributed by atoms with Crippen LogP contribution in [0.4, 0.5) is 5.69 Å². The van der Waals surface area contributed by atoms with Gasteiger partial charge in [0.2, 0.25) is 0 Å². The molecule has 1 N–H and O–H groups in total. The van der Waals surface area contributed by atoms with Gasteiger partial charge in [0.25, 0.3) is 5.91 Å². The molecule has 0 fully saturated rings. The maximum absolute atomic E-state index is 12.2. The van der Waals surface area contributed by atoms with Crippen molar-refractivity contribution in [2.45, 2.75) is 13.3 Å². The normalized spacial score (nSPS) is 9.80. The molecule has 5 nitrogen and oxygen atoms in total. The van der Waals surface area contributed by atoms with Crippen molar-refractivity contribution in [3.8, 4) is 11.8 Å². The van der Waals surface area contributed by atoms with E-state index in [-0.39, 0.29) is 12.5 Å². The third-order valence-corrected chi connectivity index (χ3v) is 2.74. The number of hydrogen-bond acceptors (Lipinski definition) is 4. The quantitative estimate of drug-likeness (QED) is 0.906. The van der Waals surface area contributed by atoms with E-state index in [4.69, 9.17) is 14.4 Å². The molecule has 2 aromatic rings. The Kier molecular flexibility index (Phi) is 4.40. The zero-order valence-electron chi connectivity index (χ0n) is 11.1. The van der Waals surface area contributed by atoms with Crippen LogP contribution in [0, 0.1) is 11.3 Å². The Hall–Kier alpha value is -2.74. The number of carbonyl (C=O) groups excluding carboxylic acids is 1. The van der Waals surface area contributed by atoms with Gasteiger partial charge in [0.15, 0.2) is 6.61 Å². The number of anilines is 1. The third-order valence-electron chi connectivity index (χ3n) is 2.74. The molecule has 0 unspecified atom stereocenters. The van der Waals surface area contributed by atoms with Gasteiger partial charge >= 0.3 is 0 Å². The second-order valence-corrected chi connectivity index (χ2v) is 4.01. The summed E-state index contributed by atoms with van der Waals surface area (Å²) in [5.74, 6) is 0.838. The fourth-order valence-corrected chi connectivity index (χ4v) is 1.81. The summed E-state index contributed by atoms with van der Waals surface area (Å²) >= 11 is 0. The summed E-state index contributed by atoms with van der Waals surface area (Å²) in [5, 5.41) is 11.3. The molecule has 0 atom stereocenters. The molecule has 0 saturated carbocycles. The second-order valence-electron chi connectivity index (χ2n) is 4.01. The van der Waals surface area contributed by atoms with Gasteiger partial charge in [0.1, 0.15) is 17.6 Å². The van der Waals surface area contributed by atoms with Crippen LogP contribution in [0.25, 0.3) is 0 Å². The molecule has 0 saturated heterocycles. The van der Waals surface area contributed by atoms with Crippen LogP contribution in [0.15, 0.2) is 41.0 Å². The van der Waals surface area contributed by atoms with Gasteiger partial charge in [0, 0.05) is 6.42 Å². The molecule has 0 spiro atoms. The smallest absolute Gasteiger partial charge is 0.259 e. The molecule has 1 amide bonds. The van der Waals surface area contributed by atoms with Crippen LogP contribution < -0.4 is 10.1 Å². The van der Waals surface area contributed by atoms with Crippen LogP contribution in [0.1, 0.15) is 23.0 Å². The highest BCUT2D eigenvalue weighted by atomic mass is 16.5. The summed E-state index contributed by atoms with van der Waals surface area (Å²) < 4.78 is 10.5. The van der Waals surface area contributed by atoms with Gasteiger partial charge in [-0.15, -0.1) is 0 Å². The Morgan fingerprint density at radius 3 is 2.95 bits per heavy atom. The summed E-state index contributed by atoms with van der Waals surface area (Å²) in [5.41, 5.74) is 1.03. The van der Waals surface area contributed by atoms with E-state index in [0.717, 1.165) is 0 Å². The molecule has 0 radical (unpaired) electrons. The minimum absolute atomic E-state index is 0.0706. The number of benzene rings is 1. The highest BCUT2D eigenvalue weighted by molar-refractivity contribution is 6.05. The van der Waals surface area contributed by atoms with Crippen LogP contribution >= 0.6 is 0 Å². The number of nitrogens with zero attached hydrogens (tertiary/aromatic N) is 1. The van der Waals surface area contributed by atoms with Gasteiger partial charge < -0.3 is 14.5 Å². The van der Waals surface area contributed by atoms with Crippen molar-refractivity contribution in [2.75, 3.05) is 11.9 Å². The van der Waals surface area contributed by atoms with Crippen LogP contribution in [0.3, 0.4) is 0 Å². The number of amides is 1. The number of ether oxygens (including phenoxy) is 1. The van der Waals surface area contributed by atoms with E-state index < -0.39 is 0 Å². The SMILES string of the molecule is CCc1occc1C(=O)Nc1ccccc1OCC#N. The summed E-state index contributed by atoms with van der Waals surface area (Å²) in [6, 6.07) is 10.5. The predicted molar refractivity (Wildman–Crippen MR) is 73.6 cm³/mol. The number of aryl methyl sites for hydroxylation is 1. The molecule has 0 bridgehead atoms. The third kappa shape index (κ3) is 2.98. The van der Waals surface area contributed by atoms with Crippen LogP contribution in [-0.4, -0.2) is 12.5 Å². The van der Waals surface area contributed by atoms with Crippen molar-refractivity contribution in [3.63, 3.8) is 0 Å². The van der Waals surface area contributed by atoms with Crippen LogP contribution in [0.5, 0.6) is 5.75 Å². The van der Waals surface area contributed by atoms with Crippen molar-refractivity contribution >= 4 is 11.6 Å². The number of para-hydroxylation sites is 2. The number of rotatable bonds is 5. The van der Waals surface area contributed by atoms with Gasteiger partial charge in [-0.2, -0.15) is 5.26 Å². The number of nitrogens with one attached hydrogen (secondary N) is 1. The van der Waals surface area contributed by atoms with E-state index in [2.05, 4.69) is 5.32 Å². The van der Waals surface area contributed by atoms with E-state index in [1.165, 1.54) is 6.26 Å². The zero-order valence-corrected chi connectivity index (χ0v) is 11.1. The monoisotopic (exact) mass is 270 g/mol. The standard InChI is InChI=1S/C15H14N2O3/c1-2-13-11(7-9-19-13)15(18)17-12-5-3-4-6-14(12)20-10-8-16/h3-7,9H,2,10H2,1H3,(H,17,18). The van der Waals surface area contributed by atoms with Crippen molar-refractivity contribution in [3.05, 3.63) is 47.9 Å². The van der Waals surface area contributed by atoms with Crippen molar-refractivity contribution in [1.82, 2.24) is 0 Å². The van der Waals surface area contributed by atoms with Gasteiger partial charge in [0.05, 0.1) is 17.5 Å². The fourth-order valence-electron chi connectivity index (χ4n) is 1.81. The van der Waals surface area contributed by atoms with E-state index >= 15 is 0 Å². The highest BCUT2D eigenvalue weighted by Gasteiger charge is 2.15. The average Bonchev–Trinajstić information content (AvgIpc) is 2.95. The van der Waals surface area contributed by atoms with Gasteiger partial charge in [-0.1, -0.05) is 19.1 Å². The first kappa shape index (κ1) is 13.7. The fraction of sp³-hybridized carbons (Fsp3) is 0.200. The first-order chi connectivity index (χ1) is 9.76. The molecule has 0 aliphatic rings. The van der Waals surface area contributed by atoms with Gasteiger partial charge in [-0.3, -0.25) is 4.79 Å². The largest absolute Gasteiger partial charge is 0.477 e. The van der Waals surface area contributed by atoms with E-state index in [0.29, 0.717) is 29.2 Å². The van der Waals surface area contributed by atoms with Crippen LogP contribution in [-0.2, 0) is 6.42 Å². The number of furan rings is 1. The second kappa shape index (κ2) is 6.43. The Labute approximate surface area is 116 Å². The molecule has 5 heteroatoms. The first-order valence-electron chi connectivity index (χ1n) is 6.22. The molecule has 2 rings (SSSR count). The molecule has 20 heavy (non-hydrogen) atoms. The molecule has 0 aliphatic carbocycles. The number of carbonyl (C=O) groups is 1. The topological polar surface area (TPSA) is 75.3 Å². The molecular formula is C15H14N2O3. The summed E-state index contributed by atoms with van der Waals surface area (Å²) in [7, 11) is 0. The van der Waals surface area contributed by atoms with Crippen molar-refractivity contribution in [2.24, 2.45) is 0 Å². The Morgan fingerprint density at radius 1 is 1.40 bits per heavy atom. The molecule has 0 aliphatic heterocycles. The van der Waals surface area contributed by atoms with Crippen molar-refractivity contribution in [1.29, 1.82) is 5.26 Å². The first-order valence-corrected chi connectivity index (χ1v) is 6.22. The molecular weight excluding hydrogens is 256 g/mol. The summed E-state index contributed by atoms with van der Waals surface area (Å²) in [6.45, 7) is 1.85. The minimum Gasteiger partial charge on any atom is -0.477 e. The Morgan fingerprint density at radius 2 is 2.20 bits per heavy atom. The van der Waals surface area contributed by atoms with Gasteiger partial charge in [-0.05, 0) is 18.2 Å². The molecule has 1 aromatic heterocycles. The van der Waals surface area contributed by atoms with Crippen molar-refractivity contribution < 1.29 is 13.9 Å². The number of hydrogen-bond donors (Lipinski definition) is 1. The highest BCUT2D eigenvalue weighted by Crippen LogP contribution is 2.25. The van der Waals surface area contributed by atoms with E-state index in [1.807, 2.05) is 13.0 Å². The lowest BCUT2D eigenvalue weighted by Gasteiger charge is -2.10. The Balaban J connectivity index is 2.18. The van der Waals surface area contributed by atoms with E-state index in [1.54, 1.807) is 30.3 Å². The molecule has 1 aromatic carbocycles. The lowest BCUT2D eigenvalue weighted by Crippen LogP contribution is -2.13. The molecule has 1 heterocycles. The van der Waals surface area contributed by atoms with E-state index in [9.17, 15) is 4.79 Å². The van der Waals surface area contributed by atoms with Gasteiger partial charge in [-0.25, -0.2) is 0 Å².